The number of carbonyl (C=O) groups excluding carboxylic acids is 1. The SMILES string of the molecule is COc1ccc2c(Oc3cnc(CC(=O)Nc4cn(C)nc4C)nc3)ccnc2c1. The maximum Gasteiger partial charge on any atom is 0.232 e. The fraction of sp³-hybridized carbons (Fsp3) is 0.190. The van der Waals surface area contributed by atoms with Gasteiger partial charge in [0.05, 0.1) is 42.8 Å². The summed E-state index contributed by atoms with van der Waals surface area (Å²) in [6.45, 7) is 1.83. The van der Waals surface area contributed by atoms with Gasteiger partial charge in [0.25, 0.3) is 0 Å². The number of amides is 1. The van der Waals surface area contributed by atoms with Crippen molar-refractivity contribution in [3.8, 4) is 17.2 Å². The molecule has 3 heterocycles. The fourth-order valence-electron chi connectivity index (χ4n) is 2.99. The Balaban J connectivity index is 1.44. The molecule has 0 aliphatic carbocycles. The molecular weight excluding hydrogens is 384 g/mol. The van der Waals surface area contributed by atoms with Crippen LogP contribution in [0.4, 0.5) is 5.69 Å². The Morgan fingerprint density at radius 1 is 1.13 bits per heavy atom. The molecule has 0 atom stereocenters. The van der Waals surface area contributed by atoms with Crippen molar-refractivity contribution in [3.05, 3.63) is 60.6 Å². The molecule has 4 aromatic rings. The maximum absolute atomic E-state index is 12.2. The van der Waals surface area contributed by atoms with Crippen molar-refractivity contribution in [3.63, 3.8) is 0 Å². The second kappa shape index (κ2) is 8.16. The van der Waals surface area contributed by atoms with Gasteiger partial charge in [0.2, 0.25) is 5.91 Å². The first-order valence-electron chi connectivity index (χ1n) is 9.23. The molecule has 0 fully saturated rings. The molecule has 1 amide bonds. The summed E-state index contributed by atoms with van der Waals surface area (Å²) in [5.41, 5.74) is 2.17. The molecule has 0 radical (unpaired) electrons. The number of fused-ring (bicyclic) bond motifs is 1. The highest BCUT2D eigenvalue weighted by Gasteiger charge is 2.11. The zero-order valence-electron chi connectivity index (χ0n) is 16.8. The molecule has 9 heteroatoms. The minimum Gasteiger partial charge on any atom is -0.497 e. The third-order valence-electron chi connectivity index (χ3n) is 4.43. The monoisotopic (exact) mass is 404 g/mol. The number of methoxy groups -OCH3 is 1. The molecular formula is C21H20N6O3. The van der Waals surface area contributed by atoms with E-state index in [9.17, 15) is 4.79 Å². The number of rotatable bonds is 6. The van der Waals surface area contributed by atoms with Crippen molar-refractivity contribution in [1.29, 1.82) is 0 Å². The van der Waals surface area contributed by atoms with Crippen LogP contribution in [0.25, 0.3) is 10.9 Å². The molecule has 152 valence electrons. The molecule has 9 nitrogen and oxygen atoms in total. The Hall–Kier alpha value is -4.01. The van der Waals surface area contributed by atoms with Crippen molar-refractivity contribution in [2.45, 2.75) is 13.3 Å². The molecule has 1 N–H and O–H groups in total. The summed E-state index contributed by atoms with van der Waals surface area (Å²) >= 11 is 0. The number of aromatic nitrogens is 5. The van der Waals surface area contributed by atoms with Gasteiger partial charge in [0.1, 0.15) is 17.3 Å². The summed E-state index contributed by atoms with van der Waals surface area (Å²) in [5, 5.41) is 7.85. The lowest BCUT2D eigenvalue weighted by atomic mass is 10.2. The van der Waals surface area contributed by atoms with Crippen LogP contribution >= 0.6 is 0 Å². The van der Waals surface area contributed by atoms with Crippen LogP contribution in [0.1, 0.15) is 11.5 Å². The van der Waals surface area contributed by atoms with Crippen LogP contribution in [0.3, 0.4) is 0 Å². The highest BCUT2D eigenvalue weighted by Crippen LogP contribution is 2.30. The topological polar surface area (TPSA) is 104 Å². The van der Waals surface area contributed by atoms with Gasteiger partial charge in [-0.25, -0.2) is 9.97 Å². The summed E-state index contributed by atoms with van der Waals surface area (Å²) in [4.78, 5) is 25.1. The van der Waals surface area contributed by atoms with E-state index in [1.165, 1.54) is 0 Å². The van der Waals surface area contributed by atoms with E-state index in [0.717, 1.165) is 22.3 Å². The van der Waals surface area contributed by atoms with Crippen molar-refractivity contribution in [2.24, 2.45) is 7.05 Å². The lowest BCUT2D eigenvalue weighted by Crippen LogP contribution is -2.16. The summed E-state index contributed by atoms with van der Waals surface area (Å²) in [5.74, 6) is 1.99. The highest BCUT2D eigenvalue weighted by atomic mass is 16.5. The molecule has 0 spiro atoms. The predicted molar refractivity (Wildman–Crippen MR) is 111 cm³/mol. The summed E-state index contributed by atoms with van der Waals surface area (Å²) < 4.78 is 12.8. The molecule has 0 saturated carbocycles. The van der Waals surface area contributed by atoms with Crippen LogP contribution in [0, 0.1) is 6.92 Å². The first-order valence-corrected chi connectivity index (χ1v) is 9.23. The van der Waals surface area contributed by atoms with Crippen LogP contribution < -0.4 is 14.8 Å². The molecule has 0 saturated heterocycles. The zero-order chi connectivity index (χ0) is 21.1. The Kier molecular flexibility index (Phi) is 5.25. The second-order valence-corrected chi connectivity index (χ2v) is 6.66. The van der Waals surface area contributed by atoms with E-state index in [1.807, 2.05) is 25.1 Å². The fourth-order valence-corrected chi connectivity index (χ4v) is 2.99. The first-order chi connectivity index (χ1) is 14.5. The van der Waals surface area contributed by atoms with E-state index in [0.29, 0.717) is 23.0 Å². The number of ether oxygens (including phenoxy) is 2. The Morgan fingerprint density at radius 2 is 1.93 bits per heavy atom. The number of pyridine rings is 1. The standard InChI is InChI=1S/C21H20N6O3/c1-13-18(12-27(2)26-13)25-21(28)9-20-23-10-15(11-24-20)30-19-6-7-22-17-8-14(29-3)4-5-16(17)19/h4-8,10-12H,9H2,1-3H3,(H,25,28). The number of hydrogen-bond donors (Lipinski definition) is 1. The van der Waals surface area contributed by atoms with E-state index in [-0.39, 0.29) is 12.3 Å². The van der Waals surface area contributed by atoms with Gasteiger partial charge in [-0.3, -0.25) is 14.5 Å². The molecule has 0 bridgehead atoms. The molecule has 0 unspecified atom stereocenters. The van der Waals surface area contributed by atoms with Gasteiger partial charge in [0.15, 0.2) is 5.75 Å². The van der Waals surface area contributed by atoms with Gasteiger partial charge >= 0.3 is 0 Å². The van der Waals surface area contributed by atoms with E-state index >= 15 is 0 Å². The van der Waals surface area contributed by atoms with Gasteiger partial charge in [-0.2, -0.15) is 5.10 Å². The van der Waals surface area contributed by atoms with Crippen molar-refractivity contribution in [2.75, 3.05) is 12.4 Å². The van der Waals surface area contributed by atoms with Crippen molar-refractivity contribution in [1.82, 2.24) is 24.7 Å². The minimum absolute atomic E-state index is 0.0482. The molecule has 0 aliphatic heterocycles. The first kappa shape index (κ1) is 19.3. The zero-order valence-corrected chi connectivity index (χ0v) is 16.8. The van der Waals surface area contributed by atoms with E-state index in [1.54, 1.807) is 49.7 Å². The van der Waals surface area contributed by atoms with Crippen molar-refractivity contribution < 1.29 is 14.3 Å². The van der Waals surface area contributed by atoms with Crippen LogP contribution in [0.2, 0.25) is 0 Å². The number of benzene rings is 1. The lowest BCUT2D eigenvalue weighted by Gasteiger charge is -2.09. The largest absolute Gasteiger partial charge is 0.497 e. The van der Waals surface area contributed by atoms with Gasteiger partial charge < -0.3 is 14.8 Å². The number of nitrogens with zero attached hydrogens (tertiary/aromatic N) is 5. The van der Waals surface area contributed by atoms with E-state index in [2.05, 4.69) is 25.4 Å². The van der Waals surface area contributed by atoms with Crippen molar-refractivity contribution >= 4 is 22.5 Å². The molecule has 0 aliphatic rings. The van der Waals surface area contributed by atoms with Gasteiger partial charge in [-0.05, 0) is 25.1 Å². The Labute approximate surface area is 172 Å². The smallest absolute Gasteiger partial charge is 0.232 e. The molecule has 3 aromatic heterocycles. The number of aryl methyl sites for hydroxylation is 2. The van der Waals surface area contributed by atoms with Gasteiger partial charge in [0, 0.05) is 30.9 Å². The average Bonchev–Trinajstić information content (AvgIpc) is 3.05. The summed E-state index contributed by atoms with van der Waals surface area (Å²) in [6, 6.07) is 7.34. The van der Waals surface area contributed by atoms with Gasteiger partial charge in [-0.1, -0.05) is 0 Å². The third kappa shape index (κ3) is 4.19. The summed E-state index contributed by atoms with van der Waals surface area (Å²) in [6.07, 6.45) is 6.55. The normalized spacial score (nSPS) is 10.8. The summed E-state index contributed by atoms with van der Waals surface area (Å²) in [7, 11) is 3.41. The highest BCUT2D eigenvalue weighted by molar-refractivity contribution is 5.92. The second-order valence-electron chi connectivity index (χ2n) is 6.66. The number of hydrogen-bond acceptors (Lipinski definition) is 7. The lowest BCUT2D eigenvalue weighted by molar-refractivity contribution is -0.115. The third-order valence-corrected chi connectivity index (χ3v) is 4.43. The Morgan fingerprint density at radius 3 is 2.63 bits per heavy atom. The van der Waals surface area contributed by atoms with Crippen LogP contribution in [0.5, 0.6) is 17.2 Å². The average molecular weight is 404 g/mol. The quantitative estimate of drug-likeness (QED) is 0.527. The maximum atomic E-state index is 12.2. The number of nitrogens with one attached hydrogen (secondary N) is 1. The van der Waals surface area contributed by atoms with Crippen LogP contribution in [0.15, 0.2) is 49.1 Å². The molecule has 4 rings (SSSR count). The number of carbonyl (C=O) groups is 1. The predicted octanol–water partition coefficient (Wildman–Crippen LogP) is 3.05. The van der Waals surface area contributed by atoms with Gasteiger partial charge in [-0.15, -0.1) is 0 Å². The van der Waals surface area contributed by atoms with Crippen LogP contribution in [-0.2, 0) is 18.3 Å². The van der Waals surface area contributed by atoms with Crippen LogP contribution in [-0.4, -0.2) is 37.7 Å². The van der Waals surface area contributed by atoms with E-state index < -0.39 is 0 Å². The molecule has 1 aromatic carbocycles. The molecule has 30 heavy (non-hydrogen) atoms. The van der Waals surface area contributed by atoms with E-state index in [4.69, 9.17) is 9.47 Å². The number of anilines is 1. The minimum atomic E-state index is -0.214. The Bertz CT molecular complexity index is 1200.